The van der Waals surface area contributed by atoms with Crippen LogP contribution in [-0.4, -0.2) is 20.5 Å². The lowest BCUT2D eigenvalue weighted by Gasteiger charge is -2.21. The number of nitrogens with one attached hydrogen (secondary N) is 1. The molecule has 0 unspecified atom stereocenters. The molecule has 0 atom stereocenters. The Labute approximate surface area is 71.8 Å². The highest BCUT2D eigenvalue weighted by Crippen LogP contribution is 1.98. The molecule has 1 radical (unpaired) electrons. The van der Waals surface area contributed by atoms with Crippen LogP contribution in [0.4, 0.5) is 0 Å². The quantitative estimate of drug-likeness (QED) is 0.632. The Balaban J connectivity index is 3.68. The molecule has 0 aliphatic heterocycles. The zero-order valence-corrected chi connectivity index (χ0v) is 8.78. The molecule has 0 bridgehead atoms. The van der Waals surface area contributed by atoms with E-state index in [0.29, 0.717) is 0 Å². The summed E-state index contributed by atoms with van der Waals surface area (Å²) in [6.45, 7) is 14.0. The molecule has 63 valence electrons. The predicted octanol–water partition coefficient (Wildman–Crippen LogP) is 1.86. The summed E-state index contributed by atoms with van der Waals surface area (Å²) >= 11 is 0. The Hall–Kier alpha value is -0.343. The molecule has 0 aromatic heterocycles. The Morgan fingerprint density at radius 1 is 1.27 bits per heavy atom. The summed E-state index contributed by atoms with van der Waals surface area (Å²) in [5.41, 5.74) is 4.23. The fourth-order valence-corrected chi connectivity index (χ4v) is 1.78. The Morgan fingerprint density at radius 2 is 1.73 bits per heavy atom. The molecule has 0 fully saturated rings. The van der Waals surface area contributed by atoms with Crippen molar-refractivity contribution in [2.24, 2.45) is 0 Å². The van der Waals surface area contributed by atoms with Gasteiger partial charge in [-0.2, -0.15) is 0 Å². The number of rotatable bonds is 4. The molecule has 0 rings (SSSR count). The Kier molecular flexibility index (Phi) is 4.38. The average Bonchev–Trinajstić information content (AvgIpc) is 1.88. The summed E-state index contributed by atoms with van der Waals surface area (Å²) in [5.74, 6) is 0. The van der Waals surface area contributed by atoms with Crippen molar-refractivity contribution >= 4 is 8.80 Å². The van der Waals surface area contributed by atoms with Crippen molar-refractivity contribution in [1.29, 1.82) is 0 Å². The molecule has 11 heavy (non-hydrogen) atoms. The van der Waals surface area contributed by atoms with Crippen LogP contribution in [0.15, 0.2) is 24.6 Å². The summed E-state index contributed by atoms with van der Waals surface area (Å²) in [7, 11) is -0.540. The van der Waals surface area contributed by atoms with E-state index in [0.717, 1.165) is 6.17 Å². The van der Waals surface area contributed by atoms with Crippen LogP contribution in [0.2, 0.25) is 0 Å². The van der Waals surface area contributed by atoms with E-state index in [1.165, 1.54) is 0 Å². The third-order valence-electron chi connectivity index (χ3n) is 1.35. The fourth-order valence-electron chi connectivity index (χ4n) is 0.595. The molecular formula is C9H18NSi. The minimum absolute atomic E-state index is 0.210. The summed E-state index contributed by atoms with van der Waals surface area (Å²) in [5, 5.41) is 3.43. The van der Waals surface area contributed by atoms with Crippen molar-refractivity contribution in [1.82, 2.24) is 5.32 Å². The minimum atomic E-state index is -0.540. The lowest BCUT2D eigenvalue weighted by molar-refractivity contribution is 0.458. The van der Waals surface area contributed by atoms with Crippen molar-refractivity contribution in [3.63, 3.8) is 0 Å². The van der Waals surface area contributed by atoms with Gasteiger partial charge in [0.15, 0.2) is 0 Å². The monoisotopic (exact) mass is 168 g/mol. The van der Waals surface area contributed by atoms with Crippen LogP contribution in [0.3, 0.4) is 0 Å². The summed E-state index contributed by atoms with van der Waals surface area (Å²) in [6, 6.07) is 0. The zero-order chi connectivity index (χ0) is 8.91. The number of hydrogen-bond acceptors (Lipinski definition) is 1. The van der Waals surface area contributed by atoms with Crippen molar-refractivity contribution < 1.29 is 0 Å². The zero-order valence-electron chi connectivity index (χ0n) is 7.78. The van der Waals surface area contributed by atoms with Crippen LogP contribution in [-0.2, 0) is 0 Å². The van der Waals surface area contributed by atoms with Crippen LogP contribution in [0.5, 0.6) is 0 Å². The number of hydrogen-bond donors (Lipinski definition) is 1. The van der Waals surface area contributed by atoms with Gasteiger partial charge in [0.05, 0.1) is 0 Å². The van der Waals surface area contributed by atoms with Gasteiger partial charge in [-0.15, -0.1) is 13.2 Å². The van der Waals surface area contributed by atoms with Gasteiger partial charge in [0, 0.05) is 5.54 Å². The SMILES string of the molecule is C=C[Si](C=C)CNC(C)(C)C. The third kappa shape index (κ3) is 6.07. The Morgan fingerprint density at radius 3 is 2.00 bits per heavy atom. The van der Waals surface area contributed by atoms with Crippen LogP contribution in [0.1, 0.15) is 20.8 Å². The van der Waals surface area contributed by atoms with Gasteiger partial charge in [-0.05, 0) is 26.9 Å². The first kappa shape index (κ1) is 10.7. The smallest absolute Gasteiger partial charge is 0.117 e. The highest BCUT2D eigenvalue weighted by Gasteiger charge is 2.10. The average molecular weight is 168 g/mol. The maximum absolute atomic E-state index is 3.77. The molecule has 0 saturated carbocycles. The molecule has 0 heterocycles. The van der Waals surface area contributed by atoms with Crippen LogP contribution in [0.25, 0.3) is 0 Å². The molecule has 0 aliphatic rings. The van der Waals surface area contributed by atoms with E-state index < -0.39 is 8.80 Å². The highest BCUT2D eigenvalue weighted by molar-refractivity contribution is 6.69. The molecule has 1 N–H and O–H groups in total. The van der Waals surface area contributed by atoms with Gasteiger partial charge in [0.25, 0.3) is 0 Å². The van der Waals surface area contributed by atoms with E-state index >= 15 is 0 Å². The molecule has 0 spiro atoms. The molecule has 0 amide bonds. The largest absolute Gasteiger partial charge is 0.314 e. The topological polar surface area (TPSA) is 12.0 Å². The summed E-state index contributed by atoms with van der Waals surface area (Å²) < 4.78 is 0. The van der Waals surface area contributed by atoms with Gasteiger partial charge in [-0.3, -0.25) is 0 Å². The van der Waals surface area contributed by atoms with Gasteiger partial charge in [-0.25, -0.2) is 0 Å². The Bertz CT molecular complexity index is 127. The van der Waals surface area contributed by atoms with Gasteiger partial charge >= 0.3 is 0 Å². The van der Waals surface area contributed by atoms with E-state index in [1.807, 2.05) is 11.4 Å². The van der Waals surface area contributed by atoms with Crippen molar-refractivity contribution in [3.05, 3.63) is 24.6 Å². The lowest BCUT2D eigenvalue weighted by Crippen LogP contribution is -2.41. The molecule has 0 saturated heterocycles. The van der Waals surface area contributed by atoms with E-state index in [1.54, 1.807) is 0 Å². The standard InChI is InChI=1S/C9H18NSi/c1-6-11(7-2)8-10-9(3,4)5/h6-7,10H,1-2,8H2,3-5H3. The predicted molar refractivity (Wildman–Crippen MR) is 53.9 cm³/mol. The molecule has 0 aromatic carbocycles. The molecule has 2 heteroatoms. The van der Waals surface area contributed by atoms with Gasteiger partial charge in [0.2, 0.25) is 0 Å². The van der Waals surface area contributed by atoms with Gasteiger partial charge < -0.3 is 5.32 Å². The summed E-state index contributed by atoms with van der Waals surface area (Å²) in [4.78, 5) is 0. The first-order chi connectivity index (χ1) is 4.99. The minimum Gasteiger partial charge on any atom is -0.314 e. The van der Waals surface area contributed by atoms with Crippen LogP contribution >= 0.6 is 0 Å². The maximum Gasteiger partial charge on any atom is 0.117 e. The van der Waals surface area contributed by atoms with Crippen molar-refractivity contribution in [2.45, 2.75) is 26.3 Å². The summed E-state index contributed by atoms with van der Waals surface area (Å²) in [6.07, 6.45) is 1.03. The van der Waals surface area contributed by atoms with E-state index in [-0.39, 0.29) is 5.54 Å². The van der Waals surface area contributed by atoms with Crippen molar-refractivity contribution in [2.75, 3.05) is 6.17 Å². The fraction of sp³-hybridized carbons (Fsp3) is 0.556. The second-order valence-electron chi connectivity index (χ2n) is 3.59. The van der Waals surface area contributed by atoms with Gasteiger partial charge in [0.1, 0.15) is 8.80 Å². The third-order valence-corrected chi connectivity index (χ3v) is 2.98. The second kappa shape index (κ2) is 4.52. The van der Waals surface area contributed by atoms with Crippen LogP contribution < -0.4 is 5.32 Å². The lowest BCUT2D eigenvalue weighted by atomic mass is 10.1. The van der Waals surface area contributed by atoms with E-state index in [4.69, 9.17) is 0 Å². The first-order valence-corrected chi connectivity index (χ1v) is 5.71. The molecular weight excluding hydrogens is 150 g/mol. The van der Waals surface area contributed by atoms with Crippen LogP contribution in [0, 0.1) is 0 Å². The van der Waals surface area contributed by atoms with Crippen molar-refractivity contribution in [3.8, 4) is 0 Å². The highest BCUT2D eigenvalue weighted by atomic mass is 28.3. The molecule has 0 aromatic rings. The van der Waals surface area contributed by atoms with E-state index in [2.05, 4.69) is 39.2 Å². The molecule has 1 nitrogen and oxygen atoms in total. The second-order valence-corrected chi connectivity index (χ2v) is 5.91. The van der Waals surface area contributed by atoms with E-state index in [9.17, 15) is 0 Å². The normalized spacial score (nSPS) is 11.6. The first-order valence-electron chi connectivity index (χ1n) is 3.85. The molecule has 0 aliphatic carbocycles. The van der Waals surface area contributed by atoms with Gasteiger partial charge in [-0.1, -0.05) is 11.4 Å². The maximum atomic E-state index is 3.77.